The number of amides is 2. The van der Waals surface area contributed by atoms with Crippen LogP contribution < -0.4 is 4.90 Å². The number of benzene rings is 3. The van der Waals surface area contributed by atoms with Crippen LogP contribution >= 0.6 is 11.6 Å². The summed E-state index contributed by atoms with van der Waals surface area (Å²) in [6, 6.07) is 20.9. The first kappa shape index (κ1) is 27.0. The van der Waals surface area contributed by atoms with Gasteiger partial charge >= 0.3 is 5.97 Å². The Balaban J connectivity index is 1.07. The Bertz CT molecular complexity index is 1900. The lowest BCUT2D eigenvalue weighted by Gasteiger charge is -2.37. The molecule has 44 heavy (non-hydrogen) atoms. The first-order chi connectivity index (χ1) is 21.3. The molecule has 1 aromatic heterocycles. The van der Waals surface area contributed by atoms with Gasteiger partial charge < -0.3 is 4.74 Å². The third-order valence-electron chi connectivity index (χ3n) is 9.80. The summed E-state index contributed by atoms with van der Waals surface area (Å²) in [6.45, 7) is 1.52. The van der Waals surface area contributed by atoms with Gasteiger partial charge in [0.2, 0.25) is 11.8 Å². The zero-order chi connectivity index (χ0) is 30.3. The molecule has 0 spiro atoms. The molecule has 4 aliphatic carbocycles. The van der Waals surface area contributed by atoms with Crippen molar-refractivity contribution in [3.8, 4) is 11.3 Å². The minimum Gasteiger partial charge on any atom is -0.454 e. The molecular weight excluding hydrogens is 576 g/mol. The van der Waals surface area contributed by atoms with Crippen LogP contribution in [0.3, 0.4) is 0 Å². The van der Waals surface area contributed by atoms with E-state index < -0.39 is 12.6 Å². The van der Waals surface area contributed by atoms with E-state index in [-0.39, 0.29) is 46.8 Å². The van der Waals surface area contributed by atoms with E-state index in [4.69, 9.17) is 21.3 Å². The maximum atomic E-state index is 13.5. The number of hydrogen-bond acceptors (Lipinski definition) is 6. The molecule has 2 heterocycles. The number of aromatic nitrogens is 1. The molecule has 3 fully saturated rings. The third-order valence-corrected chi connectivity index (χ3v) is 10.1. The van der Waals surface area contributed by atoms with Crippen LogP contribution in [0.1, 0.15) is 32.7 Å². The normalized spacial score (nSPS) is 26.1. The summed E-state index contributed by atoms with van der Waals surface area (Å²) in [4.78, 5) is 59.2. The second-order valence-corrected chi connectivity index (χ2v) is 12.7. The molecule has 3 aromatic carbocycles. The number of Topliss-reactive ketones (excluding diaryl/α,β-unsaturated/α-hetero) is 1. The summed E-state index contributed by atoms with van der Waals surface area (Å²) in [5, 5.41) is 0.866. The molecular formula is C36H27ClN2O5. The summed E-state index contributed by atoms with van der Waals surface area (Å²) < 4.78 is 5.46. The van der Waals surface area contributed by atoms with Gasteiger partial charge in [-0.2, -0.15) is 0 Å². The second kappa shape index (κ2) is 9.96. The fraction of sp³-hybridized carbons (Fsp3) is 0.250. The number of rotatable bonds is 6. The number of nitrogens with zero attached hydrogens (tertiary/aromatic N) is 2. The molecule has 6 atom stereocenters. The van der Waals surface area contributed by atoms with E-state index in [1.165, 1.54) is 4.90 Å². The Morgan fingerprint density at radius 3 is 2.23 bits per heavy atom. The first-order valence-electron chi connectivity index (χ1n) is 14.8. The predicted octanol–water partition coefficient (Wildman–Crippen LogP) is 6.46. The minimum absolute atomic E-state index is 0.113. The molecule has 1 aliphatic heterocycles. The van der Waals surface area contributed by atoms with E-state index in [1.807, 2.05) is 19.1 Å². The molecule has 8 heteroatoms. The van der Waals surface area contributed by atoms with Gasteiger partial charge in [-0.3, -0.25) is 19.3 Å². The lowest BCUT2D eigenvalue weighted by molar-refractivity contribution is -0.124. The number of anilines is 1. The largest absolute Gasteiger partial charge is 0.454 e. The molecule has 2 saturated carbocycles. The van der Waals surface area contributed by atoms with Gasteiger partial charge in [0.15, 0.2) is 12.4 Å². The number of carbonyl (C=O) groups is 4. The van der Waals surface area contributed by atoms with Gasteiger partial charge in [-0.05, 0) is 61.3 Å². The molecule has 0 radical (unpaired) electrons. The van der Waals surface area contributed by atoms with Crippen LogP contribution in [0.15, 0.2) is 84.9 Å². The SMILES string of the molecule is Cc1ccc(C(=O)COC(=O)c2cc(-c3ccc(N4C(=O)C5C6C=CC(C7CC67)C5C4=O)cc3)nc3c(Cl)cccc23)cc1. The maximum Gasteiger partial charge on any atom is 0.339 e. The number of allylic oxidation sites excluding steroid dienone is 2. The van der Waals surface area contributed by atoms with E-state index in [9.17, 15) is 19.2 Å². The molecule has 218 valence electrons. The number of fused-ring (bicyclic) bond motifs is 1. The fourth-order valence-corrected chi connectivity index (χ4v) is 7.77. The highest BCUT2D eigenvalue weighted by atomic mass is 35.5. The highest BCUT2D eigenvalue weighted by Gasteiger charge is 2.67. The van der Waals surface area contributed by atoms with Gasteiger partial charge in [0.05, 0.1) is 39.3 Å². The number of aryl methyl sites for hydroxylation is 1. The Morgan fingerprint density at radius 2 is 1.57 bits per heavy atom. The standard InChI is InChI=1S/C36H27ClN2O5/c1-18-5-7-20(8-6-18)30(40)17-44-36(43)27-16-29(38-33-24(27)3-2-4-28(33)37)19-9-11-21(12-10-19)39-34(41)31-22-13-14-23(26-15-25(22)26)32(31)35(39)42/h2-14,16,22-23,25-26,31-32H,15,17H2,1H3. The Kier molecular flexibility index (Phi) is 6.10. The number of esters is 1. The van der Waals surface area contributed by atoms with Crippen LogP contribution in [0.25, 0.3) is 22.2 Å². The second-order valence-electron chi connectivity index (χ2n) is 12.3. The monoisotopic (exact) mass is 602 g/mol. The number of imide groups is 1. The molecule has 0 N–H and O–H groups in total. The Hall–Kier alpha value is -4.62. The molecule has 5 aliphatic rings. The van der Waals surface area contributed by atoms with Crippen molar-refractivity contribution >= 4 is 51.8 Å². The molecule has 7 nitrogen and oxygen atoms in total. The number of ketones is 1. The topological polar surface area (TPSA) is 93.6 Å². The number of ether oxygens (including phenoxy) is 1. The van der Waals surface area contributed by atoms with Gasteiger partial charge in [0.1, 0.15) is 0 Å². The van der Waals surface area contributed by atoms with Crippen LogP contribution in [-0.2, 0) is 14.3 Å². The molecule has 1 saturated heterocycles. The summed E-state index contributed by atoms with van der Waals surface area (Å²) in [7, 11) is 0. The zero-order valence-corrected chi connectivity index (χ0v) is 24.5. The zero-order valence-electron chi connectivity index (χ0n) is 23.8. The summed E-state index contributed by atoms with van der Waals surface area (Å²) >= 11 is 6.50. The predicted molar refractivity (Wildman–Crippen MR) is 165 cm³/mol. The van der Waals surface area contributed by atoms with Gasteiger partial charge in [-0.25, -0.2) is 9.78 Å². The van der Waals surface area contributed by atoms with E-state index in [2.05, 4.69) is 12.2 Å². The van der Waals surface area contributed by atoms with Crippen molar-refractivity contribution in [1.29, 1.82) is 0 Å². The number of halogens is 1. The van der Waals surface area contributed by atoms with Crippen LogP contribution in [0.5, 0.6) is 0 Å². The number of carbonyl (C=O) groups excluding carboxylic acids is 4. The highest BCUT2D eigenvalue weighted by Crippen LogP contribution is 2.65. The van der Waals surface area contributed by atoms with Crippen molar-refractivity contribution in [2.45, 2.75) is 13.3 Å². The summed E-state index contributed by atoms with van der Waals surface area (Å²) in [5.74, 6) is -0.340. The number of para-hydroxylation sites is 1. The van der Waals surface area contributed by atoms with Crippen LogP contribution in [0.2, 0.25) is 5.02 Å². The highest BCUT2D eigenvalue weighted by molar-refractivity contribution is 6.35. The van der Waals surface area contributed by atoms with E-state index in [0.29, 0.717) is 50.3 Å². The van der Waals surface area contributed by atoms with Crippen molar-refractivity contribution in [2.75, 3.05) is 11.5 Å². The van der Waals surface area contributed by atoms with Crippen molar-refractivity contribution in [3.63, 3.8) is 0 Å². The van der Waals surface area contributed by atoms with Crippen LogP contribution in [0, 0.1) is 42.4 Å². The van der Waals surface area contributed by atoms with Crippen molar-refractivity contribution in [3.05, 3.63) is 107 Å². The molecule has 6 unspecified atom stereocenters. The summed E-state index contributed by atoms with van der Waals surface area (Å²) in [5.41, 5.74) is 3.79. The van der Waals surface area contributed by atoms with Crippen molar-refractivity contribution in [1.82, 2.24) is 4.98 Å². The van der Waals surface area contributed by atoms with Crippen LogP contribution in [0.4, 0.5) is 5.69 Å². The molecule has 2 amide bonds. The molecule has 9 rings (SSSR count). The van der Waals surface area contributed by atoms with Gasteiger partial charge in [0.25, 0.3) is 0 Å². The average Bonchev–Trinajstić information content (AvgIpc) is 3.82. The Labute approximate surface area is 258 Å². The van der Waals surface area contributed by atoms with Gasteiger partial charge in [0, 0.05) is 16.5 Å². The molecule has 4 aromatic rings. The van der Waals surface area contributed by atoms with E-state index in [0.717, 1.165) is 12.0 Å². The fourth-order valence-electron chi connectivity index (χ4n) is 7.55. The van der Waals surface area contributed by atoms with Crippen LogP contribution in [-0.4, -0.2) is 35.2 Å². The van der Waals surface area contributed by atoms with E-state index >= 15 is 0 Å². The maximum absolute atomic E-state index is 13.5. The Morgan fingerprint density at radius 1 is 0.909 bits per heavy atom. The van der Waals surface area contributed by atoms with Gasteiger partial charge in [-0.15, -0.1) is 0 Å². The third kappa shape index (κ3) is 4.14. The number of pyridine rings is 1. The quantitative estimate of drug-likeness (QED) is 0.109. The lowest BCUT2D eigenvalue weighted by atomic mass is 9.63. The van der Waals surface area contributed by atoms with Gasteiger partial charge in [-0.1, -0.05) is 77.8 Å². The lowest BCUT2D eigenvalue weighted by Crippen LogP contribution is -2.40. The number of hydrogen-bond donors (Lipinski definition) is 0. The van der Waals surface area contributed by atoms with E-state index in [1.54, 1.807) is 60.7 Å². The summed E-state index contributed by atoms with van der Waals surface area (Å²) in [6.07, 6.45) is 5.44. The smallest absolute Gasteiger partial charge is 0.339 e. The minimum atomic E-state index is -0.671. The van der Waals surface area contributed by atoms with Crippen molar-refractivity contribution < 1.29 is 23.9 Å². The van der Waals surface area contributed by atoms with Crippen molar-refractivity contribution in [2.24, 2.45) is 35.5 Å². The first-order valence-corrected chi connectivity index (χ1v) is 15.2. The molecule has 2 bridgehead atoms. The average molecular weight is 603 g/mol.